The Morgan fingerprint density at radius 3 is 2.47 bits per heavy atom. The molecule has 0 aromatic carbocycles. The second kappa shape index (κ2) is 9.50. The Balaban J connectivity index is 1.84. The highest BCUT2D eigenvalue weighted by molar-refractivity contribution is 7.17. The van der Waals surface area contributed by atoms with Crippen molar-refractivity contribution in [1.82, 2.24) is 4.90 Å². The van der Waals surface area contributed by atoms with Gasteiger partial charge in [-0.05, 0) is 61.8 Å². The molecular formula is C23H34N2O4S. The standard InChI is InChI=1S/C23H34N2O4S/c1-23(2,3)15-10-11-16-17(14-15)30-21(24-18(26)8-7-9-19(27)28)20(16)22(29)25-12-5-4-6-13-25/h15H,4-14H2,1-3H3,(H,24,26)(H,27,28). The molecule has 7 heteroatoms. The zero-order valence-corrected chi connectivity index (χ0v) is 19.2. The molecule has 1 fully saturated rings. The van der Waals surface area contributed by atoms with Crippen LogP contribution in [0.5, 0.6) is 0 Å². The molecule has 2 aliphatic rings. The normalized spacial score (nSPS) is 19.3. The molecule has 0 bridgehead atoms. The zero-order valence-electron chi connectivity index (χ0n) is 18.4. The van der Waals surface area contributed by atoms with E-state index in [1.807, 2.05) is 4.90 Å². The monoisotopic (exact) mass is 434 g/mol. The van der Waals surface area contributed by atoms with Gasteiger partial charge in [-0.1, -0.05) is 20.8 Å². The smallest absolute Gasteiger partial charge is 0.303 e. The summed E-state index contributed by atoms with van der Waals surface area (Å²) in [4.78, 5) is 39.8. The molecule has 0 spiro atoms. The number of nitrogens with zero attached hydrogens (tertiary/aromatic N) is 1. The topological polar surface area (TPSA) is 86.7 Å². The van der Waals surface area contributed by atoms with Crippen molar-refractivity contribution in [2.75, 3.05) is 18.4 Å². The van der Waals surface area contributed by atoms with Crippen LogP contribution in [0.15, 0.2) is 0 Å². The van der Waals surface area contributed by atoms with Gasteiger partial charge in [-0.25, -0.2) is 0 Å². The first-order valence-electron chi connectivity index (χ1n) is 11.1. The van der Waals surface area contributed by atoms with Gasteiger partial charge in [-0.15, -0.1) is 11.3 Å². The average molecular weight is 435 g/mol. The van der Waals surface area contributed by atoms with Crippen LogP contribution in [-0.4, -0.2) is 40.9 Å². The number of carboxylic acid groups (broad SMARTS) is 1. The quantitative estimate of drug-likeness (QED) is 0.678. The lowest BCUT2D eigenvalue weighted by molar-refractivity contribution is -0.137. The van der Waals surface area contributed by atoms with E-state index in [2.05, 4.69) is 26.1 Å². The van der Waals surface area contributed by atoms with Gasteiger partial charge in [0.05, 0.1) is 5.56 Å². The van der Waals surface area contributed by atoms with E-state index in [1.54, 1.807) is 11.3 Å². The molecule has 30 heavy (non-hydrogen) atoms. The highest BCUT2D eigenvalue weighted by atomic mass is 32.1. The fourth-order valence-corrected chi connectivity index (χ4v) is 5.82. The molecule has 2 amide bonds. The largest absolute Gasteiger partial charge is 0.481 e. The molecule has 1 aliphatic carbocycles. The molecule has 6 nitrogen and oxygen atoms in total. The summed E-state index contributed by atoms with van der Waals surface area (Å²) in [6, 6.07) is 0. The number of anilines is 1. The van der Waals surface area contributed by atoms with Crippen LogP contribution in [0.1, 0.15) is 86.5 Å². The Morgan fingerprint density at radius 1 is 1.13 bits per heavy atom. The van der Waals surface area contributed by atoms with Gasteiger partial charge in [-0.2, -0.15) is 0 Å². The van der Waals surface area contributed by atoms with E-state index in [1.165, 1.54) is 4.88 Å². The molecule has 166 valence electrons. The maximum Gasteiger partial charge on any atom is 0.303 e. The number of likely N-dealkylation sites (tertiary alicyclic amines) is 1. The Hall–Kier alpha value is -1.89. The highest BCUT2D eigenvalue weighted by Crippen LogP contribution is 2.44. The van der Waals surface area contributed by atoms with Gasteiger partial charge in [0.1, 0.15) is 5.00 Å². The molecular weight excluding hydrogens is 400 g/mol. The summed E-state index contributed by atoms with van der Waals surface area (Å²) in [6.07, 6.45) is 6.51. The van der Waals surface area contributed by atoms with Gasteiger partial charge in [0, 0.05) is 30.8 Å². The lowest BCUT2D eigenvalue weighted by Gasteiger charge is -2.34. The third kappa shape index (κ3) is 5.42. The van der Waals surface area contributed by atoms with Crippen molar-refractivity contribution in [1.29, 1.82) is 0 Å². The summed E-state index contributed by atoms with van der Waals surface area (Å²) in [7, 11) is 0. The fraction of sp³-hybridized carbons (Fsp3) is 0.696. The lowest BCUT2D eigenvalue weighted by atomic mass is 9.72. The first kappa shape index (κ1) is 22.8. The molecule has 1 atom stereocenters. The highest BCUT2D eigenvalue weighted by Gasteiger charge is 2.35. The Bertz CT molecular complexity index is 803. The Morgan fingerprint density at radius 2 is 1.83 bits per heavy atom. The number of hydrogen-bond acceptors (Lipinski definition) is 4. The molecule has 3 rings (SSSR count). The summed E-state index contributed by atoms with van der Waals surface area (Å²) < 4.78 is 0. The summed E-state index contributed by atoms with van der Waals surface area (Å²) in [5.74, 6) is -0.513. The van der Waals surface area contributed by atoms with E-state index >= 15 is 0 Å². The van der Waals surface area contributed by atoms with E-state index in [4.69, 9.17) is 5.11 Å². The van der Waals surface area contributed by atoms with Gasteiger partial charge in [-0.3, -0.25) is 14.4 Å². The predicted molar refractivity (Wildman–Crippen MR) is 119 cm³/mol. The van der Waals surface area contributed by atoms with Crippen molar-refractivity contribution in [2.45, 2.75) is 78.6 Å². The molecule has 2 heterocycles. The summed E-state index contributed by atoms with van der Waals surface area (Å²) in [5, 5.41) is 12.4. The third-order valence-corrected chi connectivity index (χ3v) is 7.56. The number of nitrogens with one attached hydrogen (secondary N) is 1. The maximum atomic E-state index is 13.4. The van der Waals surface area contributed by atoms with Crippen LogP contribution in [0.4, 0.5) is 5.00 Å². The van der Waals surface area contributed by atoms with Gasteiger partial charge in [0.2, 0.25) is 5.91 Å². The summed E-state index contributed by atoms with van der Waals surface area (Å²) >= 11 is 1.55. The molecule has 2 N–H and O–H groups in total. The van der Waals surface area contributed by atoms with Crippen LogP contribution in [0, 0.1) is 11.3 Å². The number of aliphatic carboxylic acids is 1. The fourth-order valence-electron chi connectivity index (χ4n) is 4.48. The number of carbonyl (C=O) groups excluding carboxylic acids is 2. The summed E-state index contributed by atoms with van der Waals surface area (Å²) in [6.45, 7) is 8.35. The van der Waals surface area contributed by atoms with E-state index < -0.39 is 5.97 Å². The van der Waals surface area contributed by atoms with Crippen molar-refractivity contribution in [3.63, 3.8) is 0 Å². The van der Waals surface area contributed by atoms with Gasteiger partial charge in [0.15, 0.2) is 0 Å². The van der Waals surface area contributed by atoms with Crippen molar-refractivity contribution >= 4 is 34.1 Å². The second-order valence-electron chi connectivity index (χ2n) is 9.66. The number of carboxylic acids is 1. The molecule has 1 aromatic rings. The minimum atomic E-state index is -0.899. The lowest BCUT2D eigenvalue weighted by Crippen LogP contribution is -2.36. The first-order chi connectivity index (χ1) is 14.2. The van der Waals surface area contributed by atoms with Crippen LogP contribution in [0.25, 0.3) is 0 Å². The minimum absolute atomic E-state index is 0.0266. The number of rotatable bonds is 6. The minimum Gasteiger partial charge on any atom is -0.481 e. The maximum absolute atomic E-state index is 13.4. The number of carbonyl (C=O) groups is 3. The van der Waals surface area contributed by atoms with Crippen LogP contribution < -0.4 is 5.32 Å². The van der Waals surface area contributed by atoms with Crippen LogP contribution >= 0.6 is 11.3 Å². The second-order valence-corrected chi connectivity index (χ2v) is 10.8. The molecule has 0 saturated carbocycles. The predicted octanol–water partition coefficient (Wildman–Crippen LogP) is 4.72. The van der Waals surface area contributed by atoms with E-state index in [9.17, 15) is 14.4 Å². The molecule has 0 radical (unpaired) electrons. The van der Waals surface area contributed by atoms with Crippen molar-refractivity contribution in [2.24, 2.45) is 11.3 Å². The third-order valence-electron chi connectivity index (χ3n) is 6.39. The van der Waals surface area contributed by atoms with E-state index in [0.717, 1.165) is 57.2 Å². The Kier molecular flexibility index (Phi) is 7.22. The van der Waals surface area contributed by atoms with Crippen LogP contribution in [-0.2, 0) is 22.4 Å². The van der Waals surface area contributed by atoms with Crippen molar-refractivity contribution < 1.29 is 19.5 Å². The first-order valence-corrected chi connectivity index (χ1v) is 11.9. The van der Waals surface area contributed by atoms with Gasteiger partial charge >= 0.3 is 5.97 Å². The molecule has 1 aromatic heterocycles. The zero-order chi connectivity index (χ0) is 21.9. The Labute approximate surface area is 183 Å². The van der Waals surface area contributed by atoms with E-state index in [-0.39, 0.29) is 30.1 Å². The molecule has 1 aliphatic heterocycles. The number of amides is 2. The average Bonchev–Trinajstić information content (AvgIpc) is 3.04. The van der Waals surface area contributed by atoms with Crippen molar-refractivity contribution in [3.8, 4) is 0 Å². The van der Waals surface area contributed by atoms with Crippen LogP contribution in [0.3, 0.4) is 0 Å². The van der Waals surface area contributed by atoms with Gasteiger partial charge in [0.25, 0.3) is 5.91 Å². The van der Waals surface area contributed by atoms with Crippen LogP contribution in [0.2, 0.25) is 0 Å². The SMILES string of the molecule is CC(C)(C)C1CCc2c(sc(NC(=O)CCCC(=O)O)c2C(=O)N2CCCCC2)C1. The molecule has 1 unspecified atom stereocenters. The number of fused-ring (bicyclic) bond motifs is 1. The number of hydrogen-bond donors (Lipinski definition) is 2. The number of thiophene rings is 1. The van der Waals surface area contributed by atoms with Gasteiger partial charge < -0.3 is 15.3 Å². The summed E-state index contributed by atoms with van der Waals surface area (Å²) in [5.41, 5.74) is 2.02. The van der Waals surface area contributed by atoms with Crippen molar-refractivity contribution in [3.05, 3.63) is 16.0 Å². The number of piperidine rings is 1. The van der Waals surface area contributed by atoms with E-state index in [0.29, 0.717) is 22.9 Å². The molecule has 1 saturated heterocycles.